The van der Waals surface area contributed by atoms with E-state index in [0.29, 0.717) is 6.61 Å². The minimum atomic E-state index is -0.774. The van der Waals surface area contributed by atoms with Gasteiger partial charge in [-0.05, 0) is 34.1 Å². The second-order valence-corrected chi connectivity index (χ2v) is 4.48. The van der Waals surface area contributed by atoms with Crippen molar-refractivity contribution in [1.82, 2.24) is 0 Å². The van der Waals surface area contributed by atoms with Gasteiger partial charge < -0.3 is 15.2 Å². The second-order valence-electron chi connectivity index (χ2n) is 4.48. The summed E-state index contributed by atoms with van der Waals surface area (Å²) in [6.07, 6.45) is 0.377. The summed E-state index contributed by atoms with van der Waals surface area (Å²) in [4.78, 5) is 22.5. The zero-order chi connectivity index (χ0) is 12.8. The first-order chi connectivity index (χ1) is 7.26. The third-order valence-corrected chi connectivity index (χ3v) is 1.67. The number of hydrogen-bond donors (Lipinski definition) is 1. The minimum absolute atomic E-state index is 0.133. The standard InChI is InChI=1S/C11H21NO4/c1-5-15-9(13)7-6-8(12)10(14)16-11(2,3)4/h8H,5-7,12H2,1-4H3/t8-/m0/s1. The molecule has 0 rings (SSSR count). The molecule has 0 heterocycles. The summed E-state index contributed by atoms with van der Waals surface area (Å²) in [5.41, 5.74) is 5.03. The van der Waals surface area contributed by atoms with E-state index in [0.717, 1.165) is 0 Å². The summed E-state index contributed by atoms with van der Waals surface area (Å²) in [5, 5.41) is 0. The van der Waals surface area contributed by atoms with Crippen LogP contribution in [0.5, 0.6) is 0 Å². The van der Waals surface area contributed by atoms with Crippen LogP contribution in [0.1, 0.15) is 40.5 Å². The lowest BCUT2D eigenvalue weighted by molar-refractivity contribution is -0.156. The molecule has 0 radical (unpaired) electrons. The number of hydrogen-bond acceptors (Lipinski definition) is 5. The molecule has 0 aliphatic heterocycles. The van der Waals surface area contributed by atoms with Crippen LogP contribution in [-0.4, -0.2) is 30.2 Å². The highest BCUT2D eigenvalue weighted by atomic mass is 16.6. The number of carbonyl (C=O) groups excluding carboxylic acids is 2. The molecule has 0 spiro atoms. The van der Waals surface area contributed by atoms with Crippen molar-refractivity contribution in [2.75, 3.05) is 6.61 Å². The maximum Gasteiger partial charge on any atom is 0.323 e. The summed E-state index contributed by atoms with van der Waals surface area (Å²) >= 11 is 0. The summed E-state index contributed by atoms with van der Waals surface area (Å²) in [7, 11) is 0. The topological polar surface area (TPSA) is 78.6 Å². The molecular weight excluding hydrogens is 210 g/mol. The van der Waals surface area contributed by atoms with Crippen LogP contribution >= 0.6 is 0 Å². The summed E-state index contributed by atoms with van der Waals surface area (Å²) in [5.74, 6) is -0.835. The van der Waals surface area contributed by atoms with E-state index in [2.05, 4.69) is 0 Å². The molecule has 0 aromatic heterocycles. The lowest BCUT2D eigenvalue weighted by atomic mass is 10.1. The molecular formula is C11H21NO4. The monoisotopic (exact) mass is 231 g/mol. The third kappa shape index (κ3) is 7.23. The smallest absolute Gasteiger partial charge is 0.323 e. The van der Waals surface area contributed by atoms with Gasteiger partial charge >= 0.3 is 11.9 Å². The van der Waals surface area contributed by atoms with E-state index < -0.39 is 17.6 Å². The van der Waals surface area contributed by atoms with Gasteiger partial charge in [-0.25, -0.2) is 0 Å². The predicted octanol–water partition coefficient (Wildman–Crippen LogP) is 0.999. The highest BCUT2D eigenvalue weighted by molar-refractivity contribution is 5.77. The fourth-order valence-corrected chi connectivity index (χ4v) is 1.00. The van der Waals surface area contributed by atoms with Crippen molar-refractivity contribution in [3.63, 3.8) is 0 Å². The maximum absolute atomic E-state index is 11.4. The Labute approximate surface area is 96.3 Å². The zero-order valence-electron chi connectivity index (χ0n) is 10.4. The highest BCUT2D eigenvalue weighted by Gasteiger charge is 2.22. The Morgan fingerprint density at radius 3 is 2.31 bits per heavy atom. The number of ether oxygens (including phenoxy) is 2. The van der Waals surface area contributed by atoms with Crippen molar-refractivity contribution < 1.29 is 19.1 Å². The molecule has 0 saturated heterocycles. The largest absolute Gasteiger partial charge is 0.466 e. The van der Waals surface area contributed by atoms with Gasteiger partial charge in [-0.15, -0.1) is 0 Å². The van der Waals surface area contributed by atoms with Gasteiger partial charge in [-0.3, -0.25) is 9.59 Å². The normalized spacial score (nSPS) is 13.1. The van der Waals surface area contributed by atoms with Crippen LogP contribution in [0.4, 0.5) is 0 Å². The van der Waals surface area contributed by atoms with Crippen molar-refractivity contribution in [3.8, 4) is 0 Å². The van der Waals surface area contributed by atoms with Crippen molar-refractivity contribution in [2.45, 2.75) is 52.2 Å². The Morgan fingerprint density at radius 2 is 1.88 bits per heavy atom. The Morgan fingerprint density at radius 1 is 1.31 bits per heavy atom. The lowest BCUT2D eigenvalue weighted by Crippen LogP contribution is -2.37. The van der Waals surface area contributed by atoms with Gasteiger partial charge in [0.15, 0.2) is 0 Å². The number of rotatable bonds is 5. The molecule has 16 heavy (non-hydrogen) atoms. The molecule has 5 nitrogen and oxygen atoms in total. The van der Waals surface area contributed by atoms with Crippen LogP contribution in [0.2, 0.25) is 0 Å². The number of carbonyl (C=O) groups is 2. The van der Waals surface area contributed by atoms with E-state index in [9.17, 15) is 9.59 Å². The molecule has 0 aromatic rings. The molecule has 2 N–H and O–H groups in total. The van der Waals surface area contributed by atoms with Crippen molar-refractivity contribution >= 4 is 11.9 Å². The molecule has 94 valence electrons. The van der Waals surface area contributed by atoms with Gasteiger partial charge in [0.1, 0.15) is 11.6 Å². The van der Waals surface area contributed by atoms with Gasteiger partial charge in [-0.1, -0.05) is 0 Å². The number of esters is 2. The Kier molecular flexibility index (Phi) is 6.03. The van der Waals surface area contributed by atoms with Crippen LogP contribution < -0.4 is 5.73 Å². The van der Waals surface area contributed by atoms with Gasteiger partial charge in [-0.2, -0.15) is 0 Å². The second kappa shape index (κ2) is 6.48. The molecule has 0 bridgehead atoms. The van der Waals surface area contributed by atoms with Crippen LogP contribution in [0, 0.1) is 0 Å². The molecule has 5 heteroatoms. The van der Waals surface area contributed by atoms with Crippen molar-refractivity contribution in [3.05, 3.63) is 0 Å². The fraction of sp³-hybridized carbons (Fsp3) is 0.818. The van der Waals surface area contributed by atoms with Crippen LogP contribution in [0.15, 0.2) is 0 Å². The summed E-state index contributed by atoms with van der Waals surface area (Å²) in [6, 6.07) is -0.774. The molecule has 0 fully saturated rings. The molecule has 0 aliphatic rings. The Bertz CT molecular complexity index is 245. The summed E-state index contributed by atoms with van der Waals surface area (Å²) in [6.45, 7) is 7.36. The molecule has 0 aromatic carbocycles. The fourth-order valence-electron chi connectivity index (χ4n) is 1.00. The predicted molar refractivity (Wildman–Crippen MR) is 59.7 cm³/mol. The lowest BCUT2D eigenvalue weighted by Gasteiger charge is -2.21. The van der Waals surface area contributed by atoms with E-state index in [-0.39, 0.29) is 18.8 Å². The summed E-state index contributed by atoms with van der Waals surface area (Å²) < 4.78 is 9.80. The first kappa shape index (κ1) is 14.9. The maximum atomic E-state index is 11.4. The van der Waals surface area contributed by atoms with Crippen molar-refractivity contribution in [2.24, 2.45) is 5.73 Å². The van der Waals surface area contributed by atoms with Crippen LogP contribution in [0.3, 0.4) is 0 Å². The van der Waals surface area contributed by atoms with Crippen LogP contribution in [-0.2, 0) is 19.1 Å². The van der Waals surface area contributed by atoms with Crippen molar-refractivity contribution in [1.29, 1.82) is 0 Å². The van der Waals surface area contributed by atoms with E-state index >= 15 is 0 Å². The van der Waals surface area contributed by atoms with E-state index in [4.69, 9.17) is 15.2 Å². The van der Waals surface area contributed by atoms with Crippen LogP contribution in [0.25, 0.3) is 0 Å². The molecule has 1 atom stereocenters. The van der Waals surface area contributed by atoms with Gasteiger partial charge in [0.2, 0.25) is 0 Å². The third-order valence-electron chi connectivity index (χ3n) is 1.67. The first-order valence-electron chi connectivity index (χ1n) is 5.40. The van der Waals surface area contributed by atoms with Gasteiger partial charge in [0, 0.05) is 6.42 Å². The van der Waals surface area contributed by atoms with Gasteiger partial charge in [0.05, 0.1) is 6.61 Å². The average Bonchev–Trinajstić information content (AvgIpc) is 2.11. The van der Waals surface area contributed by atoms with Gasteiger partial charge in [0.25, 0.3) is 0 Å². The zero-order valence-corrected chi connectivity index (χ0v) is 10.4. The first-order valence-corrected chi connectivity index (χ1v) is 5.40. The molecule has 0 saturated carbocycles. The van der Waals surface area contributed by atoms with E-state index in [1.807, 2.05) is 0 Å². The quantitative estimate of drug-likeness (QED) is 0.714. The molecule has 0 aliphatic carbocycles. The van der Waals surface area contributed by atoms with E-state index in [1.165, 1.54) is 0 Å². The number of nitrogens with two attached hydrogens (primary N) is 1. The Hall–Kier alpha value is -1.10. The highest BCUT2D eigenvalue weighted by Crippen LogP contribution is 2.09. The molecule has 0 unspecified atom stereocenters. The SMILES string of the molecule is CCOC(=O)CC[C@H](N)C(=O)OC(C)(C)C. The van der Waals surface area contributed by atoms with E-state index in [1.54, 1.807) is 27.7 Å². The average molecular weight is 231 g/mol. The molecule has 0 amide bonds. The minimum Gasteiger partial charge on any atom is -0.466 e. The Balaban J connectivity index is 3.93.